The highest BCUT2D eigenvalue weighted by Gasteiger charge is 2.33. The summed E-state index contributed by atoms with van der Waals surface area (Å²) in [5.41, 5.74) is 9.03. The molecule has 3 rings (SSSR count). The van der Waals surface area contributed by atoms with E-state index in [2.05, 4.69) is 10.4 Å². The van der Waals surface area contributed by atoms with E-state index in [1.165, 1.54) is 23.3 Å². The number of carbonyl (C=O) groups excluding carboxylic acids is 1. The van der Waals surface area contributed by atoms with Gasteiger partial charge in [0.15, 0.2) is 0 Å². The van der Waals surface area contributed by atoms with Gasteiger partial charge in [0.05, 0.1) is 23.1 Å². The van der Waals surface area contributed by atoms with Crippen LogP contribution in [0.15, 0.2) is 48.8 Å². The maximum atomic E-state index is 13.6. The third-order valence-corrected chi connectivity index (χ3v) is 5.73. The number of anilines is 2. The van der Waals surface area contributed by atoms with Gasteiger partial charge in [-0.25, -0.2) is 5.84 Å². The van der Waals surface area contributed by atoms with Gasteiger partial charge in [-0.1, -0.05) is 12.1 Å². The van der Waals surface area contributed by atoms with Crippen molar-refractivity contribution in [2.24, 2.45) is 18.6 Å². The van der Waals surface area contributed by atoms with E-state index in [9.17, 15) is 18.0 Å². The molecule has 0 spiro atoms. The van der Waals surface area contributed by atoms with Crippen molar-refractivity contribution < 1.29 is 18.0 Å². The van der Waals surface area contributed by atoms with Gasteiger partial charge >= 0.3 is 6.18 Å². The molecule has 0 unspecified atom stereocenters. The summed E-state index contributed by atoms with van der Waals surface area (Å²) in [6, 6.07) is 8.59. The van der Waals surface area contributed by atoms with Gasteiger partial charge in [-0.05, 0) is 63.3 Å². The highest BCUT2D eigenvalue weighted by molar-refractivity contribution is 6.05. The van der Waals surface area contributed by atoms with E-state index in [0.29, 0.717) is 11.4 Å². The molecule has 0 saturated heterocycles. The quantitative estimate of drug-likeness (QED) is 0.334. The minimum absolute atomic E-state index is 0.0396. The SMILES string of the molecule is Cc1ccc(C(=O)Nc2ccc(CN(C)C)c(C(F)(F)F)c2)cc1N(N)/C=C(\N)c1cnn(C)c1C. The Morgan fingerprint density at radius 1 is 1.17 bits per heavy atom. The first kappa shape index (κ1) is 26.8. The van der Waals surface area contributed by atoms with E-state index < -0.39 is 17.6 Å². The first-order valence-electron chi connectivity index (χ1n) is 11.0. The number of hydrazine groups is 1. The number of carbonyl (C=O) groups is 1. The number of hydrogen-bond donors (Lipinski definition) is 3. The van der Waals surface area contributed by atoms with Crippen molar-refractivity contribution in [3.8, 4) is 0 Å². The Bertz CT molecular complexity index is 1300. The number of alkyl halides is 3. The Kier molecular flexibility index (Phi) is 7.75. The van der Waals surface area contributed by atoms with Crippen molar-refractivity contribution >= 4 is 23.0 Å². The van der Waals surface area contributed by atoms with Crippen LogP contribution < -0.4 is 21.9 Å². The number of rotatable bonds is 7. The predicted octanol–water partition coefficient (Wildman–Crippen LogP) is 4.01. The Morgan fingerprint density at radius 3 is 2.44 bits per heavy atom. The summed E-state index contributed by atoms with van der Waals surface area (Å²) < 4.78 is 42.5. The second-order valence-electron chi connectivity index (χ2n) is 8.82. The van der Waals surface area contributed by atoms with Crippen molar-refractivity contribution in [1.29, 1.82) is 0 Å². The summed E-state index contributed by atoms with van der Waals surface area (Å²) in [7, 11) is 5.17. The second kappa shape index (κ2) is 10.4. The number of hydrogen-bond acceptors (Lipinski definition) is 6. The van der Waals surface area contributed by atoms with Crippen LogP contribution in [0, 0.1) is 13.8 Å². The maximum absolute atomic E-state index is 13.6. The average Bonchev–Trinajstić information content (AvgIpc) is 3.12. The zero-order chi connectivity index (χ0) is 26.8. The Hall–Kier alpha value is -3.83. The van der Waals surface area contributed by atoms with Gasteiger partial charge in [0, 0.05) is 42.3 Å². The lowest BCUT2D eigenvalue weighted by Gasteiger charge is -2.19. The van der Waals surface area contributed by atoms with Gasteiger partial charge in [0.25, 0.3) is 5.91 Å². The highest BCUT2D eigenvalue weighted by Crippen LogP contribution is 2.34. The molecule has 0 bridgehead atoms. The van der Waals surface area contributed by atoms with Gasteiger partial charge in [-0.2, -0.15) is 18.3 Å². The summed E-state index contributed by atoms with van der Waals surface area (Å²) in [4.78, 5) is 14.5. The van der Waals surface area contributed by atoms with E-state index in [1.807, 2.05) is 13.8 Å². The van der Waals surface area contributed by atoms with Crippen LogP contribution in [0.25, 0.3) is 5.70 Å². The van der Waals surface area contributed by atoms with Gasteiger partial charge in [-0.3, -0.25) is 14.5 Å². The van der Waals surface area contributed by atoms with Crippen molar-refractivity contribution in [3.05, 3.63) is 82.3 Å². The monoisotopic (exact) mass is 501 g/mol. The standard InChI is InChI=1S/C25H30F3N7O/c1-15-6-7-17(10-23(15)35(30)14-22(29)20-12-31-34(5)16(20)2)24(36)32-19-9-8-18(13-33(3)4)21(11-19)25(26,27)28/h6-12,14H,13,29-30H2,1-5H3,(H,32,36)/b22-14-. The lowest BCUT2D eigenvalue weighted by Crippen LogP contribution is -2.27. The Balaban J connectivity index is 1.86. The van der Waals surface area contributed by atoms with Gasteiger partial charge in [0.2, 0.25) is 0 Å². The third-order valence-electron chi connectivity index (χ3n) is 5.73. The van der Waals surface area contributed by atoms with Gasteiger partial charge < -0.3 is 16.0 Å². The molecule has 8 nitrogen and oxygen atoms in total. The molecule has 0 radical (unpaired) electrons. The Morgan fingerprint density at radius 2 is 1.86 bits per heavy atom. The molecule has 0 aliphatic rings. The summed E-state index contributed by atoms with van der Waals surface area (Å²) in [6.07, 6.45) is -1.40. The van der Waals surface area contributed by atoms with E-state index in [4.69, 9.17) is 11.6 Å². The van der Waals surface area contributed by atoms with Gasteiger partial charge in [0.1, 0.15) is 0 Å². The molecule has 0 aliphatic carbocycles. The number of aromatic nitrogens is 2. The molecular formula is C25H30F3N7O. The average molecular weight is 502 g/mol. The molecule has 36 heavy (non-hydrogen) atoms. The van der Waals surface area contributed by atoms with Crippen molar-refractivity contribution in [1.82, 2.24) is 14.7 Å². The summed E-state index contributed by atoms with van der Waals surface area (Å²) >= 11 is 0. The van der Waals surface area contributed by atoms with Crippen LogP contribution in [0.4, 0.5) is 24.5 Å². The Labute approximate surface area is 207 Å². The van der Waals surface area contributed by atoms with Crippen molar-refractivity contribution in [3.63, 3.8) is 0 Å². The molecule has 1 amide bonds. The number of aryl methyl sites for hydroxylation is 2. The lowest BCUT2D eigenvalue weighted by molar-refractivity contribution is -0.138. The lowest BCUT2D eigenvalue weighted by atomic mass is 10.0. The molecule has 192 valence electrons. The highest BCUT2D eigenvalue weighted by atomic mass is 19.4. The normalized spacial score (nSPS) is 12.2. The summed E-state index contributed by atoms with van der Waals surface area (Å²) in [5.74, 6) is 5.65. The van der Waals surface area contributed by atoms with Crippen molar-refractivity contribution in [2.75, 3.05) is 24.4 Å². The molecular weight excluding hydrogens is 471 g/mol. The van der Waals surface area contributed by atoms with Crippen LogP contribution in [0.2, 0.25) is 0 Å². The largest absolute Gasteiger partial charge is 0.416 e. The minimum Gasteiger partial charge on any atom is -0.397 e. The van der Waals surface area contributed by atoms with Crippen LogP contribution in [0.3, 0.4) is 0 Å². The van der Waals surface area contributed by atoms with Crippen LogP contribution in [0.5, 0.6) is 0 Å². The molecule has 0 atom stereocenters. The predicted molar refractivity (Wildman–Crippen MR) is 135 cm³/mol. The fourth-order valence-corrected chi connectivity index (χ4v) is 3.70. The zero-order valence-corrected chi connectivity index (χ0v) is 20.8. The zero-order valence-electron chi connectivity index (χ0n) is 20.8. The second-order valence-corrected chi connectivity index (χ2v) is 8.82. The number of benzene rings is 2. The smallest absolute Gasteiger partial charge is 0.397 e. The van der Waals surface area contributed by atoms with Crippen molar-refractivity contribution in [2.45, 2.75) is 26.6 Å². The fraction of sp³-hybridized carbons (Fsp3) is 0.280. The number of nitrogens with zero attached hydrogens (tertiary/aromatic N) is 4. The van der Waals surface area contributed by atoms with Gasteiger partial charge in [-0.15, -0.1) is 0 Å². The van der Waals surface area contributed by atoms with E-state index >= 15 is 0 Å². The number of nitrogens with one attached hydrogen (secondary N) is 1. The fourth-order valence-electron chi connectivity index (χ4n) is 3.70. The summed E-state index contributed by atoms with van der Waals surface area (Å²) in [5, 5.41) is 8.01. The third kappa shape index (κ3) is 6.04. The van der Waals surface area contributed by atoms with E-state index in [-0.39, 0.29) is 23.4 Å². The number of nitrogens with two attached hydrogens (primary N) is 2. The first-order valence-corrected chi connectivity index (χ1v) is 11.0. The molecule has 1 heterocycles. The molecule has 0 aliphatic heterocycles. The first-order chi connectivity index (χ1) is 16.8. The molecule has 0 saturated carbocycles. The molecule has 0 fully saturated rings. The summed E-state index contributed by atoms with van der Waals surface area (Å²) in [6.45, 7) is 3.80. The van der Waals surface area contributed by atoms with Crippen LogP contribution in [0.1, 0.15) is 38.3 Å². The van der Waals surface area contributed by atoms with Crippen LogP contribution in [-0.4, -0.2) is 34.7 Å². The van der Waals surface area contributed by atoms with Crippen LogP contribution in [-0.2, 0) is 19.8 Å². The molecule has 5 N–H and O–H groups in total. The van der Waals surface area contributed by atoms with E-state index in [1.54, 1.807) is 55.1 Å². The van der Waals surface area contributed by atoms with E-state index in [0.717, 1.165) is 22.9 Å². The molecule has 1 aromatic heterocycles. The molecule has 3 aromatic rings. The molecule has 2 aromatic carbocycles. The van der Waals surface area contributed by atoms with Crippen LogP contribution >= 0.6 is 0 Å². The molecule has 11 heteroatoms. The maximum Gasteiger partial charge on any atom is 0.416 e. The minimum atomic E-state index is -4.55. The number of amides is 1. The number of halogens is 3. The topological polar surface area (TPSA) is 105 Å².